The number of nitro benzene ring substituents is 1. The van der Waals surface area contributed by atoms with Gasteiger partial charge in [-0.15, -0.1) is 0 Å². The van der Waals surface area contributed by atoms with Crippen molar-refractivity contribution in [2.75, 3.05) is 14.2 Å². The highest BCUT2D eigenvalue weighted by Crippen LogP contribution is 2.34. The van der Waals surface area contributed by atoms with Crippen molar-refractivity contribution in [3.05, 3.63) is 121 Å². The standard InChI is InChI=1S/C30H26IN3O7/c1-38-27-16-23(10-13-26(27)40-18-20-6-4-3-5-7-20)30(35)33-32-17-22-14-25(31)29(28(15-22)39-2)41-19-21-8-11-24(12-9-21)34(36)37/h3-17H,18-19H2,1-2H3,(H,33,35)/b32-17+. The van der Waals surface area contributed by atoms with Gasteiger partial charge in [-0.3, -0.25) is 14.9 Å². The molecule has 0 atom stereocenters. The second-order valence-electron chi connectivity index (χ2n) is 8.59. The van der Waals surface area contributed by atoms with Gasteiger partial charge in [-0.05, 0) is 81.7 Å². The summed E-state index contributed by atoms with van der Waals surface area (Å²) in [6.07, 6.45) is 1.50. The van der Waals surface area contributed by atoms with Crippen LogP contribution in [0.2, 0.25) is 0 Å². The van der Waals surface area contributed by atoms with E-state index in [2.05, 4.69) is 33.1 Å². The molecule has 0 saturated heterocycles. The van der Waals surface area contributed by atoms with E-state index in [-0.39, 0.29) is 12.3 Å². The second kappa shape index (κ2) is 14.1. The summed E-state index contributed by atoms with van der Waals surface area (Å²) in [6, 6.07) is 24.3. The molecule has 0 radical (unpaired) electrons. The summed E-state index contributed by atoms with van der Waals surface area (Å²) in [7, 11) is 3.03. The highest BCUT2D eigenvalue weighted by molar-refractivity contribution is 14.1. The Balaban J connectivity index is 1.38. The van der Waals surface area contributed by atoms with E-state index in [1.165, 1.54) is 32.6 Å². The SMILES string of the molecule is COc1cc(C(=O)N/N=C/c2cc(I)c(OCc3ccc([N+](=O)[O-])cc3)c(OC)c2)ccc1OCc1ccccc1. The Kier molecular flexibility index (Phi) is 10.1. The number of non-ortho nitro benzene ring substituents is 1. The van der Waals surface area contributed by atoms with Crippen LogP contribution in [-0.2, 0) is 13.2 Å². The molecule has 4 rings (SSSR count). The topological polar surface area (TPSA) is 122 Å². The number of nitro groups is 1. The molecule has 0 aliphatic heterocycles. The molecular formula is C30H26IN3O7. The first kappa shape index (κ1) is 29.3. The maximum atomic E-state index is 12.7. The summed E-state index contributed by atoms with van der Waals surface area (Å²) in [5.41, 5.74) is 5.35. The number of hydrogen-bond acceptors (Lipinski definition) is 8. The summed E-state index contributed by atoms with van der Waals surface area (Å²) in [5, 5.41) is 14.9. The zero-order valence-corrected chi connectivity index (χ0v) is 24.4. The fourth-order valence-electron chi connectivity index (χ4n) is 3.72. The predicted molar refractivity (Wildman–Crippen MR) is 162 cm³/mol. The molecule has 0 aliphatic rings. The molecule has 210 valence electrons. The Morgan fingerprint density at radius 1 is 0.878 bits per heavy atom. The van der Waals surface area contributed by atoms with E-state index < -0.39 is 10.8 Å². The van der Waals surface area contributed by atoms with Crippen LogP contribution < -0.4 is 24.4 Å². The van der Waals surface area contributed by atoms with Crippen LogP contribution >= 0.6 is 22.6 Å². The molecular weight excluding hydrogens is 641 g/mol. The van der Waals surface area contributed by atoms with Gasteiger partial charge < -0.3 is 18.9 Å². The number of methoxy groups -OCH3 is 2. The molecule has 0 heterocycles. The molecule has 1 N–H and O–H groups in total. The molecule has 0 unspecified atom stereocenters. The third-order valence-electron chi connectivity index (χ3n) is 5.82. The lowest BCUT2D eigenvalue weighted by atomic mass is 10.2. The zero-order valence-electron chi connectivity index (χ0n) is 22.2. The lowest BCUT2D eigenvalue weighted by molar-refractivity contribution is -0.384. The van der Waals surface area contributed by atoms with Gasteiger partial charge in [0.2, 0.25) is 0 Å². The number of carbonyl (C=O) groups is 1. The van der Waals surface area contributed by atoms with Crippen molar-refractivity contribution in [2.45, 2.75) is 13.2 Å². The second-order valence-corrected chi connectivity index (χ2v) is 9.75. The molecule has 0 bridgehead atoms. The average Bonchev–Trinajstić information content (AvgIpc) is 2.99. The molecule has 1 amide bonds. The number of ether oxygens (including phenoxy) is 4. The molecule has 10 nitrogen and oxygen atoms in total. The maximum absolute atomic E-state index is 12.7. The maximum Gasteiger partial charge on any atom is 0.271 e. The van der Waals surface area contributed by atoms with Crippen LogP contribution in [0.1, 0.15) is 27.0 Å². The number of rotatable bonds is 12. The third kappa shape index (κ3) is 7.94. The Hall–Kier alpha value is -4.65. The van der Waals surface area contributed by atoms with Crippen molar-refractivity contribution in [2.24, 2.45) is 5.10 Å². The molecule has 0 spiro atoms. The van der Waals surface area contributed by atoms with Gasteiger partial charge in [-0.25, -0.2) is 5.43 Å². The first-order valence-electron chi connectivity index (χ1n) is 12.3. The number of hydrogen-bond donors (Lipinski definition) is 1. The van der Waals surface area contributed by atoms with Crippen LogP contribution in [0, 0.1) is 13.7 Å². The van der Waals surface area contributed by atoms with Gasteiger partial charge in [0.05, 0.1) is 28.9 Å². The number of benzene rings is 4. The molecule has 11 heteroatoms. The zero-order chi connectivity index (χ0) is 29.2. The van der Waals surface area contributed by atoms with Gasteiger partial charge in [-0.2, -0.15) is 5.10 Å². The number of halogens is 1. The van der Waals surface area contributed by atoms with Crippen molar-refractivity contribution in [3.63, 3.8) is 0 Å². The monoisotopic (exact) mass is 667 g/mol. The molecule has 0 aromatic heterocycles. The summed E-state index contributed by atoms with van der Waals surface area (Å²) in [5.74, 6) is 1.53. The lowest BCUT2D eigenvalue weighted by Gasteiger charge is -2.13. The van der Waals surface area contributed by atoms with E-state index in [0.29, 0.717) is 40.7 Å². The summed E-state index contributed by atoms with van der Waals surface area (Å²) >= 11 is 2.12. The first-order valence-corrected chi connectivity index (χ1v) is 13.4. The highest BCUT2D eigenvalue weighted by atomic mass is 127. The van der Waals surface area contributed by atoms with Crippen LogP contribution in [0.15, 0.2) is 90.0 Å². The fraction of sp³-hybridized carbons (Fsp3) is 0.133. The summed E-state index contributed by atoms with van der Waals surface area (Å²) in [4.78, 5) is 23.1. The lowest BCUT2D eigenvalue weighted by Crippen LogP contribution is -2.17. The van der Waals surface area contributed by atoms with Crippen LogP contribution in [0.4, 0.5) is 5.69 Å². The summed E-state index contributed by atoms with van der Waals surface area (Å²) in [6.45, 7) is 0.573. The third-order valence-corrected chi connectivity index (χ3v) is 6.63. The molecule has 41 heavy (non-hydrogen) atoms. The minimum absolute atomic E-state index is 0.0145. The predicted octanol–water partition coefficient (Wildman–Crippen LogP) is 6.14. The van der Waals surface area contributed by atoms with E-state index >= 15 is 0 Å². The number of amides is 1. The smallest absolute Gasteiger partial charge is 0.271 e. The minimum Gasteiger partial charge on any atom is -0.493 e. The largest absolute Gasteiger partial charge is 0.493 e. The van der Waals surface area contributed by atoms with E-state index in [1.807, 2.05) is 36.4 Å². The Labute approximate surface area is 250 Å². The Morgan fingerprint density at radius 2 is 1.56 bits per heavy atom. The normalized spacial score (nSPS) is 10.7. The fourth-order valence-corrected chi connectivity index (χ4v) is 4.50. The summed E-state index contributed by atoms with van der Waals surface area (Å²) < 4.78 is 23.5. The average molecular weight is 667 g/mol. The van der Waals surface area contributed by atoms with Gasteiger partial charge in [0.25, 0.3) is 11.6 Å². The molecule has 4 aromatic rings. The van der Waals surface area contributed by atoms with Crippen LogP contribution in [-0.4, -0.2) is 31.3 Å². The van der Waals surface area contributed by atoms with Crippen molar-refractivity contribution in [1.29, 1.82) is 0 Å². The van der Waals surface area contributed by atoms with Gasteiger partial charge in [0, 0.05) is 17.7 Å². The quantitative estimate of drug-likeness (QED) is 0.0834. The minimum atomic E-state index is -0.449. The van der Waals surface area contributed by atoms with Gasteiger partial charge >= 0.3 is 0 Å². The van der Waals surface area contributed by atoms with Crippen LogP contribution in [0.5, 0.6) is 23.0 Å². The Bertz CT molecular complexity index is 1540. The molecule has 0 saturated carbocycles. The molecule has 0 aliphatic carbocycles. The van der Waals surface area contributed by atoms with Gasteiger partial charge in [0.1, 0.15) is 13.2 Å². The van der Waals surface area contributed by atoms with Crippen molar-refractivity contribution >= 4 is 40.4 Å². The number of carbonyl (C=O) groups excluding carboxylic acids is 1. The number of hydrazone groups is 1. The number of nitrogens with one attached hydrogen (secondary N) is 1. The molecule has 0 fully saturated rings. The van der Waals surface area contributed by atoms with Crippen molar-refractivity contribution in [1.82, 2.24) is 5.43 Å². The molecule has 4 aromatic carbocycles. The van der Waals surface area contributed by atoms with Crippen LogP contribution in [0.25, 0.3) is 0 Å². The Morgan fingerprint density at radius 3 is 2.24 bits per heavy atom. The first-order chi connectivity index (χ1) is 19.9. The van der Waals surface area contributed by atoms with E-state index in [4.69, 9.17) is 18.9 Å². The van der Waals surface area contributed by atoms with Gasteiger partial charge in [-0.1, -0.05) is 30.3 Å². The van der Waals surface area contributed by atoms with E-state index in [9.17, 15) is 14.9 Å². The van der Waals surface area contributed by atoms with Crippen LogP contribution in [0.3, 0.4) is 0 Å². The van der Waals surface area contributed by atoms with Crippen molar-refractivity contribution in [3.8, 4) is 23.0 Å². The van der Waals surface area contributed by atoms with Crippen molar-refractivity contribution < 1.29 is 28.7 Å². The van der Waals surface area contributed by atoms with Gasteiger partial charge in [0.15, 0.2) is 23.0 Å². The van der Waals surface area contributed by atoms with E-state index in [0.717, 1.165) is 14.7 Å². The number of nitrogens with zero attached hydrogens (tertiary/aromatic N) is 2. The highest BCUT2D eigenvalue weighted by Gasteiger charge is 2.14. The van der Waals surface area contributed by atoms with E-state index in [1.54, 1.807) is 36.4 Å².